The summed E-state index contributed by atoms with van der Waals surface area (Å²) < 4.78 is 1.47. The van der Waals surface area contributed by atoms with Gasteiger partial charge < -0.3 is 11.1 Å². The number of piperidine rings is 1. The molecule has 8 heteroatoms. The Bertz CT molecular complexity index is 565. The second-order valence-electron chi connectivity index (χ2n) is 4.62. The van der Waals surface area contributed by atoms with Gasteiger partial charge >= 0.3 is 0 Å². The molecule has 0 radical (unpaired) electrons. The van der Waals surface area contributed by atoms with Gasteiger partial charge in [-0.3, -0.25) is 24.0 Å². The number of amides is 3. The maximum atomic E-state index is 12.2. The summed E-state index contributed by atoms with van der Waals surface area (Å²) >= 11 is 0. The summed E-state index contributed by atoms with van der Waals surface area (Å²) in [7, 11) is 1.41. The third-order valence-corrected chi connectivity index (χ3v) is 3.34. The van der Waals surface area contributed by atoms with E-state index in [2.05, 4.69) is 10.4 Å². The van der Waals surface area contributed by atoms with Crippen molar-refractivity contribution in [3.05, 3.63) is 11.9 Å². The normalized spacial score (nSPS) is 19.3. The Labute approximate surface area is 115 Å². The number of nitrogens with one attached hydrogen (secondary N) is 1. The van der Waals surface area contributed by atoms with E-state index in [1.54, 1.807) is 0 Å². The maximum Gasteiger partial charge on any atom is 0.272 e. The quantitative estimate of drug-likeness (QED) is 0.715. The Morgan fingerprint density at radius 3 is 2.90 bits per heavy atom. The van der Waals surface area contributed by atoms with Crippen molar-refractivity contribution >= 4 is 23.4 Å². The zero-order valence-corrected chi connectivity index (χ0v) is 11.4. The molecule has 0 saturated carbocycles. The van der Waals surface area contributed by atoms with Crippen LogP contribution in [0.3, 0.4) is 0 Å². The fraction of sp³-hybridized carbons (Fsp3) is 0.500. The third-order valence-electron chi connectivity index (χ3n) is 3.34. The van der Waals surface area contributed by atoms with Crippen LogP contribution in [0.5, 0.6) is 0 Å². The molecule has 2 heterocycles. The van der Waals surface area contributed by atoms with Crippen molar-refractivity contribution in [2.75, 3.05) is 12.8 Å². The summed E-state index contributed by atoms with van der Waals surface area (Å²) in [6, 6.07) is -0.704. The van der Waals surface area contributed by atoms with E-state index in [1.807, 2.05) is 6.92 Å². The lowest BCUT2D eigenvalue weighted by atomic mass is 10.0. The average Bonchev–Trinajstić information content (AvgIpc) is 2.80. The third kappa shape index (κ3) is 2.36. The number of aryl methyl sites for hydroxylation is 1. The lowest BCUT2D eigenvalue weighted by molar-refractivity contribution is -0.147. The molecule has 1 aromatic rings. The van der Waals surface area contributed by atoms with Crippen LogP contribution < -0.4 is 11.1 Å². The number of nitrogens with zero attached hydrogens (tertiary/aromatic N) is 3. The summed E-state index contributed by atoms with van der Waals surface area (Å²) in [4.78, 5) is 36.5. The van der Waals surface area contributed by atoms with E-state index < -0.39 is 17.9 Å². The number of nitrogens with two attached hydrogens (primary N) is 1. The van der Waals surface area contributed by atoms with Crippen LogP contribution in [-0.2, 0) is 16.1 Å². The van der Waals surface area contributed by atoms with Crippen LogP contribution in [0.15, 0.2) is 6.20 Å². The smallest absolute Gasteiger partial charge is 0.272 e. The van der Waals surface area contributed by atoms with Crippen LogP contribution in [0, 0.1) is 0 Å². The Hall–Kier alpha value is -2.38. The zero-order valence-electron chi connectivity index (χ0n) is 11.4. The number of nitrogen functional groups attached to an aromatic ring is 1. The number of hydrogen-bond acceptors (Lipinski definition) is 5. The predicted octanol–water partition coefficient (Wildman–Crippen LogP) is -0.638. The Balaban J connectivity index is 2.14. The molecule has 0 bridgehead atoms. The minimum atomic E-state index is -0.704. The molecule has 1 atom stereocenters. The monoisotopic (exact) mass is 279 g/mol. The van der Waals surface area contributed by atoms with Crippen molar-refractivity contribution in [1.82, 2.24) is 20.0 Å². The van der Waals surface area contributed by atoms with Crippen molar-refractivity contribution in [2.24, 2.45) is 0 Å². The highest BCUT2D eigenvalue weighted by atomic mass is 16.2. The molecule has 1 fully saturated rings. The van der Waals surface area contributed by atoms with Crippen molar-refractivity contribution in [3.8, 4) is 0 Å². The van der Waals surface area contributed by atoms with Gasteiger partial charge in [-0.25, -0.2) is 0 Å². The number of carbonyl (C=O) groups excluding carboxylic acids is 3. The van der Waals surface area contributed by atoms with E-state index in [0.717, 1.165) is 4.90 Å². The molecule has 1 aliphatic rings. The molecular weight excluding hydrogens is 262 g/mol. The largest absolute Gasteiger partial charge is 0.396 e. The summed E-state index contributed by atoms with van der Waals surface area (Å²) in [6.45, 7) is 2.33. The average molecular weight is 279 g/mol. The summed E-state index contributed by atoms with van der Waals surface area (Å²) in [5.41, 5.74) is 6.21. The van der Waals surface area contributed by atoms with Crippen LogP contribution in [0.4, 0.5) is 5.69 Å². The van der Waals surface area contributed by atoms with Gasteiger partial charge in [0.2, 0.25) is 5.91 Å². The molecule has 0 aliphatic carbocycles. The SMILES string of the molecule is CCn1ncc(N)c1C(=O)NC1CCC(=O)N(C)C1=O. The van der Waals surface area contributed by atoms with Gasteiger partial charge in [0, 0.05) is 20.0 Å². The van der Waals surface area contributed by atoms with Crippen LogP contribution in [0.2, 0.25) is 0 Å². The summed E-state index contributed by atoms with van der Waals surface area (Å²) in [6.07, 6.45) is 1.93. The highest BCUT2D eigenvalue weighted by molar-refractivity contribution is 6.04. The van der Waals surface area contributed by atoms with E-state index in [9.17, 15) is 14.4 Å². The molecule has 2 rings (SSSR count). The van der Waals surface area contributed by atoms with Gasteiger partial charge in [0.05, 0.1) is 11.9 Å². The number of aromatic nitrogens is 2. The highest BCUT2D eigenvalue weighted by Crippen LogP contribution is 2.14. The number of rotatable bonds is 3. The van der Waals surface area contributed by atoms with Crippen molar-refractivity contribution in [2.45, 2.75) is 32.4 Å². The van der Waals surface area contributed by atoms with Gasteiger partial charge in [-0.05, 0) is 13.3 Å². The first kappa shape index (κ1) is 14.0. The molecule has 8 nitrogen and oxygen atoms in total. The molecular formula is C12H17N5O3. The van der Waals surface area contributed by atoms with E-state index in [1.165, 1.54) is 17.9 Å². The van der Waals surface area contributed by atoms with Crippen LogP contribution in [0.1, 0.15) is 30.3 Å². The van der Waals surface area contributed by atoms with E-state index in [-0.39, 0.29) is 23.7 Å². The second kappa shape index (κ2) is 5.32. The molecule has 0 spiro atoms. The lowest BCUT2D eigenvalue weighted by Gasteiger charge is -2.28. The number of imide groups is 1. The molecule has 1 unspecified atom stereocenters. The Morgan fingerprint density at radius 1 is 1.55 bits per heavy atom. The first-order valence-electron chi connectivity index (χ1n) is 6.38. The first-order valence-corrected chi connectivity index (χ1v) is 6.38. The summed E-state index contributed by atoms with van der Waals surface area (Å²) in [5.74, 6) is -1.10. The predicted molar refractivity (Wildman–Crippen MR) is 70.6 cm³/mol. The standard InChI is InChI=1S/C12H17N5O3/c1-3-17-10(7(13)6-14-17)11(19)15-8-4-5-9(18)16(2)12(8)20/h6,8H,3-5,13H2,1-2H3,(H,15,19). The van der Waals surface area contributed by atoms with Gasteiger partial charge in [-0.1, -0.05) is 0 Å². The number of likely N-dealkylation sites (N-methyl/N-ethyl adjacent to an activating group) is 1. The second-order valence-corrected chi connectivity index (χ2v) is 4.62. The highest BCUT2D eigenvalue weighted by Gasteiger charge is 2.33. The van der Waals surface area contributed by atoms with Crippen molar-refractivity contribution < 1.29 is 14.4 Å². The molecule has 20 heavy (non-hydrogen) atoms. The summed E-state index contributed by atoms with van der Waals surface area (Å²) in [5, 5.41) is 6.59. The molecule has 108 valence electrons. The van der Waals surface area contributed by atoms with Gasteiger partial charge in [-0.15, -0.1) is 0 Å². The number of carbonyl (C=O) groups is 3. The van der Waals surface area contributed by atoms with E-state index in [4.69, 9.17) is 5.73 Å². The van der Waals surface area contributed by atoms with Crippen LogP contribution in [-0.4, -0.2) is 45.5 Å². The number of likely N-dealkylation sites (tertiary alicyclic amines) is 1. The molecule has 1 saturated heterocycles. The van der Waals surface area contributed by atoms with Gasteiger partial charge in [0.25, 0.3) is 11.8 Å². The Kier molecular flexibility index (Phi) is 3.73. The Morgan fingerprint density at radius 2 is 2.25 bits per heavy atom. The zero-order chi connectivity index (χ0) is 14.9. The van der Waals surface area contributed by atoms with E-state index >= 15 is 0 Å². The van der Waals surface area contributed by atoms with Gasteiger partial charge in [0.1, 0.15) is 11.7 Å². The van der Waals surface area contributed by atoms with Crippen molar-refractivity contribution in [1.29, 1.82) is 0 Å². The van der Waals surface area contributed by atoms with Gasteiger partial charge in [-0.2, -0.15) is 5.10 Å². The minimum absolute atomic E-state index is 0.232. The van der Waals surface area contributed by atoms with Crippen LogP contribution >= 0.6 is 0 Å². The molecule has 1 aromatic heterocycles. The molecule has 1 aliphatic heterocycles. The lowest BCUT2D eigenvalue weighted by Crippen LogP contribution is -2.53. The van der Waals surface area contributed by atoms with E-state index in [0.29, 0.717) is 13.0 Å². The molecule has 0 aromatic carbocycles. The van der Waals surface area contributed by atoms with Crippen LogP contribution in [0.25, 0.3) is 0 Å². The maximum absolute atomic E-state index is 12.2. The van der Waals surface area contributed by atoms with Gasteiger partial charge in [0.15, 0.2) is 0 Å². The first-order chi connectivity index (χ1) is 9.45. The minimum Gasteiger partial charge on any atom is -0.396 e. The van der Waals surface area contributed by atoms with Crippen molar-refractivity contribution in [3.63, 3.8) is 0 Å². The molecule has 3 N–H and O–H groups in total. The fourth-order valence-electron chi connectivity index (χ4n) is 2.16. The number of hydrogen-bond donors (Lipinski definition) is 2. The topological polar surface area (TPSA) is 110 Å². The molecule has 3 amide bonds. The number of anilines is 1. The fourth-order valence-corrected chi connectivity index (χ4v) is 2.16.